The maximum Gasteiger partial charge on any atom is 0.451 e. The molecule has 1 aromatic rings. The van der Waals surface area contributed by atoms with Gasteiger partial charge < -0.3 is 10.6 Å². The Kier molecular flexibility index (Phi) is 4.32. The Morgan fingerprint density at radius 1 is 1.35 bits per heavy atom. The molecule has 1 amide bonds. The average Bonchev–Trinajstić information content (AvgIpc) is 3.16. The molecule has 1 heterocycles. The lowest BCUT2D eigenvalue weighted by molar-refractivity contribution is -0.144. The number of rotatable bonds is 5. The molecule has 9 heteroatoms. The van der Waals surface area contributed by atoms with Crippen molar-refractivity contribution in [2.24, 2.45) is 5.92 Å². The summed E-state index contributed by atoms with van der Waals surface area (Å²) in [7, 11) is 0. The van der Waals surface area contributed by atoms with Gasteiger partial charge in [-0.1, -0.05) is 11.6 Å². The Bertz CT molecular complexity index is 505. The Morgan fingerprint density at radius 2 is 2.05 bits per heavy atom. The van der Waals surface area contributed by atoms with E-state index in [2.05, 4.69) is 20.6 Å². The van der Waals surface area contributed by atoms with Crippen molar-refractivity contribution in [3.63, 3.8) is 0 Å². The van der Waals surface area contributed by atoms with E-state index < -0.39 is 12.0 Å². The van der Waals surface area contributed by atoms with Crippen LogP contribution in [-0.2, 0) is 11.0 Å². The second-order valence-electron chi connectivity index (χ2n) is 4.39. The second kappa shape index (κ2) is 5.82. The van der Waals surface area contributed by atoms with Gasteiger partial charge in [-0.25, -0.2) is 9.97 Å². The maximum absolute atomic E-state index is 12.5. The van der Waals surface area contributed by atoms with Gasteiger partial charge >= 0.3 is 6.18 Å². The Labute approximate surface area is 117 Å². The molecule has 1 saturated carbocycles. The first-order valence-corrected chi connectivity index (χ1v) is 6.37. The first kappa shape index (κ1) is 14.8. The van der Waals surface area contributed by atoms with E-state index in [9.17, 15) is 18.0 Å². The number of hydrogen-bond donors (Lipinski definition) is 2. The lowest BCUT2D eigenvalue weighted by Gasteiger charge is -2.10. The molecular formula is C11H12ClF3N4O. The molecule has 0 spiro atoms. The van der Waals surface area contributed by atoms with Crippen molar-refractivity contribution < 1.29 is 18.0 Å². The van der Waals surface area contributed by atoms with Gasteiger partial charge in [-0.3, -0.25) is 4.79 Å². The summed E-state index contributed by atoms with van der Waals surface area (Å²) in [5.74, 6) is -1.25. The van der Waals surface area contributed by atoms with Gasteiger partial charge in [0, 0.05) is 25.1 Å². The molecule has 20 heavy (non-hydrogen) atoms. The van der Waals surface area contributed by atoms with E-state index in [0.717, 1.165) is 12.8 Å². The lowest BCUT2D eigenvalue weighted by Crippen LogP contribution is -2.30. The second-order valence-corrected chi connectivity index (χ2v) is 4.78. The van der Waals surface area contributed by atoms with E-state index in [0.29, 0.717) is 6.54 Å². The van der Waals surface area contributed by atoms with Crippen molar-refractivity contribution in [2.45, 2.75) is 19.0 Å². The maximum atomic E-state index is 12.5. The first-order chi connectivity index (χ1) is 9.36. The molecule has 0 radical (unpaired) electrons. The topological polar surface area (TPSA) is 66.9 Å². The predicted octanol–water partition coefficient (Wildman–Crippen LogP) is 2.09. The molecule has 0 aromatic carbocycles. The Balaban J connectivity index is 1.85. The standard InChI is InChI=1S/C11H12ClF3N4O/c12-7-5-8(19-10(18-7)11(13,14)15)16-3-4-17-9(20)6-1-2-6/h5-6H,1-4H2,(H,17,20)(H,16,18,19). The van der Waals surface area contributed by atoms with E-state index in [1.54, 1.807) is 0 Å². The molecule has 0 bridgehead atoms. The molecule has 0 unspecified atom stereocenters. The molecular weight excluding hydrogens is 297 g/mol. The molecule has 0 saturated heterocycles. The smallest absolute Gasteiger partial charge is 0.368 e. The van der Waals surface area contributed by atoms with Crippen LogP contribution >= 0.6 is 11.6 Å². The quantitative estimate of drug-likeness (QED) is 0.645. The number of halogens is 4. The minimum Gasteiger partial charge on any atom is -0.368 e. The number of hydrogen-bond acceptors (Lipinski definition) is 4. The highest BCUT2D eigenvalue weighted by Crippen LogP contribution is 2.29. The predicted molar refractivity (Wildman–Crippen MR) is 66.3 cm³/mol. The molecule has 1 aliphatic carbocycles. The molecule has 0 atom stereocenters. The average molecular weight is 309 g/mol. The summed E-state index contributed by atoms with van der Waals surface area (Å²) in [4.78, 5) is 17.8. The summed E-state index contributed by atoms with van der Waals surface area (Å²) in [5, 5.41) is 5.04. The number of nitrogens with zero attached hydrogens (tertiary/aromatic N) is 2. The third-order valence-corrected chi connectivity index (χ3v) is 2.82. The zero-order valence-corrected chi connectivity index (χ0v) is 11.1. The van der Waals surface area contributed by atoms with Crippen LogP contribution in [-0.4, -0.2) is 29.0 Å². The van der Waals surface area contributed by atoms with Gasteiger partial charge in [0.25, 0.3) is 0 Å². The highest BCUT2D eigenvalue weighted by Gasteiger charge is 2.35. The highest BCUT2D eigenvalue weighted by molar-refractivity contribution is 6.29. The van der Waals surface area contributed by atoms with Crippen LogP contribution in [0.15, 0.2) is 6.07 Å². The fraction of sp³-hybridized carbons (Fsp3) is 0.545. The summed E-state index contributed by atoms with van der Waals surface area (Å²) in [6, 6.07) is 1.19. The van der Waals surface area contributed by atoms with Crippen molar-refractivity contribution in [3.05, 3.63) is 17.0 Å². The van der Waals surface area contributed by atoms with Crippen LogP contribution in [0.1, 0.15) is 18.7 Å². The molecule has 0 aliphatic heterocycles. The minimum absolute atomic E-state index is 0.0245. The normalized spacial score (nSPS) is 15.0. The molecule has 2 N–H and O–H groups in total. The number of amides is 1. The lowest BCUT2D eigenvalue weighted by atomic mass is 10.4. The molecule has 5 nitrogen and oxygen atoms in total. The monoisotopic (exact) mass is 308 g/mol. The summed E-state index contributed by atoms with van der Waals surface area (Å²) in [6.45, 7) is 0.557. The van der Waals surface area contributed by atoms with E-state index >= 15 is 0 Å². The molecule has 2 rings (SSSR count). The van der Waals surface area contributed by atoms with Gasteiger partial charge in [0.1, 0.15) is 11.0 Å². The first-order valence-electron chi connectivity index (χ1n) is 5.99. The van der Waals surface area contributed by atoms with E-state index in [-0.39, 0.29) is 29.3 Å². The summed E-state index contributed by atoms with van der Waals surface area (Å²) >= 11 is 5.51. The highest BCUT2D eigenvalue weighted by atomic mass is 35.5. The Morgan fingerprint density at radius 3 is 2.65 bits per heavy atom. The summed E-state index contributed by atoms with van der Waals surface area (Å²) in [5.41, 5.74) is 0. The van der Waals surface area contributed by atoms with Gasteiger partial charge in [0.05, 0.1) is 0 Å². The third-order valence-electron chi connectivity index (χ3n) is 2.63. The molecule has 1 aromatic heterocycles. The number of carbonyl (C=O) groups excluding carboxylic acids is 1. The van der Waals surface area contributed by atoms with Gasteiger partial charge in [-0.2, -0.15) is 13.2 Å². The van der Waals surface area contributed by atoms with Gasteiger partial charge in [0.15, 0.2) is 0 Å². The zero-order valence-electron chi connectivity index (χ0n) is 10.3. The van der Waals surface area contributed by atoms with Gasteiger partial charge in [-0.05, 0) is 12.8 Å². The third kappa shape index (κ3) is 4.22. The fourth-order valence-electron chi connectivity index (χ4n) is 1.50. The van der Waals surface area contributed by atoms with E-state index in [1.165, 1.54) is 6.07 Å². The van der Waals surface area contributed by atoms with Crippen LogP contribution in [0.3, 0.4) is 0 Å². The molecule has 1 aliphatic rings. The zero-order chi connectivity index (χ0) is 14.8. The summed E-state index contributed by atoms with van der Waals surface area (Å²) < 4.78 is 37.4. The number of aromatic nitrogens is 2. The van der Waals surface area contributed by atoms with Crippen LogP contribution in [0.25, 0.3) is 0 Å². The number of anilines is 1. The van der Waals surface area contributed by atoms with Gasteiger partial charge in [0.2, 0.25) is 11.7 Å². The molecule has 110 valence electrons. The number of carbonyl (C=O) groups is 1. The van der Waals surface area contributed by atoms with Crippen LogP contribution in [0.2, 0.25) is 5.15 Å². The fourth-order valence-corrected chi connectivity index (χ4v) is 1.68. The van der Waals surface area contributed by atoms with Crippen LogP contribution < -0.4 is 10.6 Å². The van der Waals surface area contributed by atoms with Gasteiger partial charge in [-0.15, -0.1) is 0 Å². The number of alkyl halides is 3. The number of nitrogens with one attached hydrogen (secondary N) is 2. The molecule has 1 fully saturated rings. The Hall–Kier alpha value is -1.57. The van der Waals surface area contributed by atoms with E-state index in [1.807, 2.05) is 0 Å². The van der Waals surface area contributed by atoms with Crippen LogP contribution in [0.4, 0.5) is 19.0 Å². The summed E-state index contributed by atoms with van der Waals surface area (Å²) in [6.07, 6.45) is -2.85. The van der Waals surface area contributed by atoms with Crippen molar-refractivity contribution >= 4 is 23.3 Å². The largest absolute Gasteiger partial charge is 0.451 e. The van der Waals surface area contributed by atoms with Crippen molar-refractivity contribution in [3.8, 4) is 0 Å². The minimum atomic E-state index is -4.65. The van der Waals surface area contributed by atoms with Crippen molar-refractivity contribution in [1.29, 1.82) is 0 Å². The van der Waals surface area contributed by atoms with Crippen LogP contribution in [0.5, 0.6) is 0 Å². The van der Waals surface area contributed by atoms with Crippen molar-refractivity contribution in [2.75, 3.05) is 18.4 Å². The van der Waals surface area contributed by atoms with E-state index in [4.69, 9.17) is 11.6 Å². The SMILES string of the molecule is O=C(NCCNc1cc(Cl)nc(C(F)(F)F)n1)C1CC1. The van der Waals surface area contributed by atoms with Crippen molar-refractivity contribution in [1.82, 2.24) is 15.3 Å². The van der Waals surface area contributed by atoms with Crippen LogP contribution in [0, 0.1) is 5.92 Å².